The van der Waals surface area contributed by atoms with Gasteiger partial charge in [-0.15, -0.1) is 0 Å². The van der Waals surface area contributed by atoms with Crippen molar-refractivity contribution in [3.05, 3.63) is 36.2 Å². The smallest absolute Gasteiger partial charge is 0.251 e. The molecule has 0 radical (unpaired) electrons. The number of amides is 1. The molecular weight excluding hydrogens is 254 g/mol. The first-order valence-electron chi connectivity index (χ1n) is 6.82. The van der Waals surface area contributed by atoms with Crippen molar-refractivity contribution in [1.82, 2.24) is 15.3 Å². The minimum Gasteiger partial charge on any atom is -0.396 e. The first-order chi connectivity index (χ1) is 9.72. The molecule has 1 fully saturated rings. The summed E-state index contributed by atoms with van der Waals surface area (Å²) in [4.78, 5) is 20.5. The average molecular weight is 271 g/mol. The van der Waals surface area contributed by atoms with Gasteiger partial charge in [-0.25, -0.2) is 0 Å². The van der Waals surface area contributed by atoms with E-state index in [0.717, 1.165) is 30.3 Å². The lowest BCUT2D eigenvalue weighted by atomic mass is 10.0. The van der Waals surface area contributed by atoms with Crippen molar-refractivity contribution < 1.29 is 9.90 Å². The minimum atomic E-state index is -0.0956. The highest BCUT2D eigenvalue weighted by Crippen LogP contribution is 2.47. The lowest BCUT2D eigenvalue weighted by Gasteiger charge is -2.14. The number of benzene rings is 1. The van der Waals surface area contributed by atoms with Gasteiger partial charge in [0.1, 0.15) is 0 Å². The fraction of sp³-hybridized carbons (Fsp3) is 0.400. The standard InChI is InChI=1S/C15H17N3O2/c19-8-5-15(3-4-15)10-18-14(20)11-1-2-12-13(9-11)17-7-6-16-12/h1-2,6-7,9,19H,3-5,8,10H2,(H,18,20). The summed E-state index contributed by atoms with van der Waals surface area (Å²) in [5.41, 5.74) is 2.22. The Morgan fingerprint density at radius 3 is 2.70 bits per heavy atom. The van der Waals surface area contributed by atoms with Crippen LogP contribution in [0, 0.1) is 5.41 Å². The summed E-state index contributed by atoms with van der Waals surface area (Å²) in [5, 5.41) is 12.0. The monoisotopic (exact) mass is 271 g/mol. The van der Waals surface area contributed by atoms with Crippen LogP contribution >= 0.6 is 0 Å². The van der Waals surface area contributed by atoms with Gasteiger partial charge in [0.2, 0.25) is 0 Å². The van der Waals surface area contributed by atoms with Crippen LogP contribution in [0.1, 0.15) is 29.6 Å². The van der Waals surface area contributed by atoms with E-state index in [-0.39, 0.29) is 17.9 Å². The molecule has 1 heterocycles. The number of carbonyl (C=O) groups is 1. The molecule has 2 aromatic rings. The van der Waals surface area contributed by atoms with Crippen molar-refractivity contribution in [2.45, 2.75) is 19.3 Å². The number of carbonyl (C=O) groups excluding carboxylic acids is 1. The van der Waals surface area contributed by atoms with Gasteiger partial charge in [-0.3, -0.25) is 14.8 Å². The number of aliphatic hydroxyl groups is 1. The van der Waals surface area contributed by atoms with Gasteiger partial charge in [-0.05, 0) is 42.9 Å². The van der Waals surface area contributed by atoms with E-state index in [1.807, 2.05) is 0 Å². The summed E-state index contributed by atoms with van der Waals surface area (Å²) < 4.78 is 0. The predicted octanol–water partition coefficient (Wildman–Crippen LogP) is 1.52. The van der Waals surface area contributed by atoms with Crippen LogP contribution in [0.5, 0.6) is 0 Å². The second kappa shape index (κ2) is 5.17. The molecule has 1 aliphatic rings. The van der Waals surface area contributed by atoms with Crippen molar-refractivity contribution in [1.29, 1.82) is 0 Å². The average Bonchev–Trinajstić information content (AvgIpc) is 3.25. The van der Waals surface area contributed by atoms with Crippen molar-refractivity contribution in [2.24, 2.45) is 5.41 Å². The third-order valence-electron chi connectivity index (χ3n) is 3.95. The highest BCUT2D eigenvalue weighted by atomic mass is 16.3. The molecule has 0 atom stereocenters. The number of nitrogens with zero attached hydrogens (tertiary/aromatic N) is 2. The molecule has 20 heavy (non-hydrogen) atoms. The number of fused-ring (bicyclic) bond motifs is 1. The largest absolute Gasteiger partial charge is 0.396 e. The first-order valence-corrected chi connectivity index (χ1v) is 6.82. The maximum Gasteiger partial charge on any atom is 0.251 e. The molecule has 1 aromatic heterocycles. The maximum absolute atomic E-state index is 12.1. The zero-order valence-electron chi connectivity index (χ0n) is 11.2. The molecule has 3 rings (SSSR count). The molecule has 2 N–H and O–H groups in total. The van der Waals surface area contributed by atoms with E-state index in [4.69, 9.17) is 5.11 Å². The zero-order valence-corrected chi connectivity index (χ0v) is 11.2. The number of aromatic nitrogens is 2. The van der Waals surface area contributed by atoms with Crippen LogP contribution in [0.3, 0.4) is 0 Å². The summed E-state index contributed by atoms with van der Waals surface area (Å²) in [7, 11) is 0. The Morgan fingerprint density at radius 1 is 1.25 bits per heavy atom. The van der Waals surface area contributed by atoms with Gasteiger partial charge in [0.15, 0.2) is 0 Å². The van der Waals surface area contributed by atoms with Crippen LogP contribution in [0.15, 0.2) is 30.6 Å². The van der Waals surface area contributed by atoms with Crippen LogP contribution in [-0.2, 0) is 0 Å². The van der Waals surface area contributed by atoms with Crippen LogP contribution in [0.4, 0.5) is 0 Å². The van der Waals surface area contributed by atoms with E-state index < -0.39 is 0 Å². The van der Waals surface area contributed by atoms with Gasteiger partial charge >= 0.3 is 0 Å². The van der Waals surface area contributed by atoms with Crippen molar-refractivity contribution in [3.8, 4) is 0 Å². The number of rotatable bonds is 5. The fourth-order valence-corrected chi connectivity index (χ4v) is 2.40. The number of hydrogen-bond donors (Lipinski definition) is 2. The molecule has 1 aliphatic carbocycles. The van der Waals surface area contributed by atoms with Gasteiger partial charge in [0, 0.05) is 31.1 Å². The van der Waals surface area contributed by atoms with Crippen LogP contribution < -0.4 is 5.32 Å². The summed E-state index contributed by atoms with van der Waals surface area (Å²) in [6.07, 6.45) is 6.17. The Balaban J connectivity index is 1.69. The quantitative estimate of drug-likeness (QED) is 0.864. The second-order valence-electron chi connectivity index (χ2n) is 5.42. The molecule has 0 spiro atoms. The minimum absolute atomic E-state index is 0.0956. The van der Waals surface area contributed by atoms with Crippen molar-refractivity contribution in [2.75, 3.05) is 13.2 Å². The number of nitrogens with one attached hydrogen (secondary N) is 1. The molecule has 5 nitrogen and oxygen atoms in total. The van der Waals surface area contributed by atoms with Crippen molar-refractivity contribution in [3.63, 3.8) is 0 Å². The van der Waals surface area contributed by atoms with Gasteiger partial charge in [0.25, 0.3) is 5.91 Å². The van der Waals surface area contributed by atoms with E-state index in [1.54, 1.807) is 30.6 Å². The molecule has 1 amide bonds. The summed E-state index contributed by atoms with van der Waals surface area (Å²) in [5.74, 6) is -0.0956. The zero-order chi connectivity index (χ0) is 14.0. The Kier molecular flexibility index (Phi) is 3.36. The highest BCUT2D eigenvalue weighted by molar-refractivity contribution is 5.97. The van der Waals surface area contributed by atoms with E-state index in [9.17, 15) is 4.79 Å². The number of hydrogen-bond acceptors (Lipinski definition) is 4. The molecule has 0 saturated heterocycles. The van der Waals surface area contributed by atoms with Gasteiger partial charge in [-0.1, -0.05) is 0 Å². The van der Waals surface area contributed by atoms with Crippen LogP contribution in [-0.4, -0.2) is 34.1 Å². The normalized spacial score (nSPS) is 16.1. The lowest BCUT2D eigenvalue weighted by Crippen LogP contribution is -2.30. The molecule has 0 aliphatic heterocycles. The third-order valence-corrected chi connectivity index (χ3v) is 3.95. The van der Waals surface area contributed by atoms with Crippen LogP contribution in [0.25, 0.3) is 11.0 Å². The van der Waals surface area contributed by atoms with E-state index in [1.165, 1.54) is 0 Å². The van der Waals surface area contributed by atoms with E-state index >= 15 is 0 Å². The lowest BCUT2D eigenvalue weighted by molar-refractivity contribution is 0.0941. The van der Waals surface area contributed by atoms with E-state index in [2.05, 4.69) is 15.3 Å². The molecule has 0 bridgehead atoms. The fourth-order valence-electron chi connectivity index (χ4n) is 2.40. The Hall–Kier alpha value is -2.01. The van der Waals surface area contributed by atoms with Crippen LogP contribution in [0.2, 0.25) is 0 Å². The van der Waals surface area contributed by atoms with E-state index in [0.29, 0.717) is 12.1 Å². The van der Waals surface area contributed by atoms with Gasteiger partial charge in [0.05, 0.1) is 11.0 Å². The summed E-state index contributed by atoms with van der Waals surface area (Å²) in [6.45, 7) is 0.812. The Morgan fingerprint density at radius 2 is 2.00 bits per heavy atom. The summed E-state index contributed by atoms with van der Waals surface area (Å²) in [6, 6.07) is 5.32. The third kappa shape index (κ3) is 2.63. The number of aliphatic hydroxyl groups excluding tert-OH is 1. The molecule has 1 saturated carbocycles. The Labute approximate surface area is 117 Å². The molecule has 1 aromatic carbocycles. The molecule has 0 unspecified atom stereocenters. The first kappa shape index (κ1) is 13.0. The molecular formula is C15H17N3O2. The van der Waals surface area contributed by atoms with Gasteiger partial charge in [-0.2, -0.15) is 0 Å². The maximum atomic E-state index is 12.1. The molecule has 5 heteroatoms. The Bertz CT molecular complexity index is 638. The molecule has 104 valence electrons. The topological polar surface area (TPSA) is 75.1 Å². The second-order valence-corrected chi connectivity index (χ2v) is 5.42. The van der Waals surface area contributed by atoms with Crippen molar-refractivity contribution >= 4 is 16.9 Å². The SMILES string of the molecule is O=C(NCC1(CCO)CC1)c1ccc2nccnc2c1. The van der Waals surface area contributed by atoms with Gasteiger partial charge < -0.3 is 10.4 Å². The predicted molar refractivity (Wildman–Crippen MR) is 75.2 cm³/mol. The summed E-state index contributed by atoms with van der Waals surface area (Å²) >= 11 is 0. The highest BCUT2D eigenvalue weighted by Gasteiger charge is 2.41.